The summed E-state index contributed by atoms with van der Waals surface area (Å²) < 4.78 is 13.3. The van der Waals surface area contributed by atoms with Gasteiger partial charge in [0.2, 0.25) is 0 Å². The molecule has 0 unspecified atom stereocenters. The monoisotopic (exact) mass is 297 g/mol. The Hall–Kier alpha value is -1.43. The van der Waals surface area contributed by atoms with E-state index in [4.69, 9.17) is 16.7 Å². The molecule has 0 saturated heterocycles. The summed E-state index contributed by atoms with van der Waals surface area (Å²) in [5.41, 5.74) is 1.73. The lowest BCUT2D eigenvalue weighted by Crippen LogP contribution is -2.26. The molecule has 0 spiro atoms. The van der Waals surface area contributed by atoms with Crippen LogP contribution in [0.3, 0.4) is 0 Å². The molecule has 0 aliphatic heterocycles. The van der Waals surface area contributed by atoms with Crippen LogP contribution < -0.4 is 0 Å². The molecule has 1 heterocycles. The number of imidazole rings is 1. The molecule has 0 amide bonds. The van der Waals surface area contributed by atoms with Gasteiger partial charge >= 0.3 is 0 Å². The molecule has 2 N–H and O–H groups in total. The van der Waals surface area contributed by atoms with Gasteiger partial charge < -0.3 is 10.1 Å². The van der Waals surface area contributed by atoms with Crippen LogP contribution in [0.5, 0.6) is 0 Å². The van der Waals surface area contributed by atoms with E-state index in [1.54, 1.807) is 12.3 Å². The highest BCUT2D eigenvalue weighted by Crippen LogP contribution is 2.16. The molecule has 0 bridgehead atoms. The topological polar surface area (TPSA) is 52.1 Å². The fourth-order valence-electron chi connectivity index (χ4n) is 2.11. The number of halogens is 2. The average molecular weight is 298 g/mol. The van der Waals surface area contributed by atoms with Gasteiger partial charge in [0.25, 0.3) is 0 Å². The fraction of sp³-hybridized carbons (Fsp3) is 0.357. The zero-order valence-corrected chi connectivity index (χ0v) is 12.0. The molecule has 1 aromatic heterocycles. The van der Waals surface area contributed by atoms with Crippen molar-refractivity contribution in [1.29, 1.82) is 0 Å². The van der Waals surface area contributed by atoms with Crippen molar-refractivity contribution >= 4 is 11.6 Å². The predicted molar refractivity (Wildman–Crippen MR) is 75.9 cm³/mol. The van der Waals surface area contributed by atoms with Gasteiger partial charge in [0.1, 0.15) is 11.6 Å². The first kappa shape index (κ1) is 15.0. The Morgan fingerprint density at radius 1 is 1.35 bits per heavy atom. The largest absolute Gasteiger partial charge is 0.395 e. The molecule has 6 heteroatoms. The molecule has 2 aromatic rings. The van der Waals surface area contributed by atoms with Gasteiger partial charge in [-0.1, -0.05) is 11.6 Å². The normalized spacial score (nSPS) is 11.2. The molecular formula is C14H17ClFN3O. The van der Waals surface area contributed by atoms with Crippen LogP contribution in [0, 0.1) is 12.7 Å². The Bertz CT molecular complexity index is 553. The van der Waals surface area contributed by atoms with Crippen LogP contribution in [-0.2, 0) is 13.1 Å². The summed E-state index contributed by atoms with van der Waals surface area (Å²) in [6.07, 6.45) is 1.76. The van der Waals surface area contributed by atoms with E-state index in [-0.39, 0.29) is 12.4 Å². The quantitative estimate of drug-likeness (QED) is 0.861. The Morgan fingerprint density at radius 2 is 2.15 bits per heavy atom. The SMILES string of the molecule is Cc1ncc(CN(CCO)Cc2cc(F)cc(Cl)c2)[nH]1. The van der Waals surface area contributed by atoms with Gasteiger partial charge in [-0.05, 0) is 30.7 Å². The highest BCUT2D eigenvalue weighted by molar-refractivity contribution is 6.30. The molecule has 0 aliphatic rings. The number of hydrogen-bond donors (Lipinski definition) is 2. The van der Waals surface area contributed by atoms with E-state index in [2.05, 4.69) is 9.97 Å². The number of aliphatic hydroxyl groups excluding tert-OH is 1. The maximum atomic E-state index is 13.3. The number of nitrogens with zero attached hydrogens (tertiary/aromatic N) is 2. The van der Waals surface area contributed by atoms with Crippen LogP contribution in [0.1, 0.15) is 17.1 Å². The third-order valence-electron chi connectivity index (χ3n) is 2.89. The van der Waals surface area contributed by atoms with Crippen LogP contribution >= 0.6 is 11.6 Å². The smallest absolute Gasteiger partial charge is 0.125 e. The second-order valence-electron chi connectivity index (χ2n) is 4.71. The molecular weight excluding hydrogens is 281 g/mol. The van der Waals surface area contributed by atoms with Crippen LogP contribution in [0.15, 0.2) is 24.4 Å². The van der Waals surface area contributed by atoms with Gasteiger partial charge in [0.15, 0.2) is 0 Å². The van der Waals surface area contributed by atoms with E-state index >= 15 is 0 Å². The first-order chi connectivity index (χ1) is 9.56. The molecule has 0 atom stereocenters. The number of rotatable bonds is 6. The minimum atomic E-state index is -0.353. The summed E-state index contributed by atoms with van der Waals surface area (Å²) in [6.45, 7) is 3.53. The van der Waals surface area contributed by atoms with Gasteiger partial charge in [-0.2, -0.15) is 0 Å². The minimum Gasteiger partial charge on any atom is -0.395 e. The Labute approximate surface area is 122 Å². The summed E-state index contributed by atoms with van der Waals surface area (Å²) >= 11 is 5.85. The van der Waals surface area contributed by atoms with Gasteiger partial charge in [-0.15, -0.1) is 0 Å². The predicted octanol–water partition coefficient (Wildman–Crippen LogP) is 2.51. The van der Waals surface area contributed by atoms with Crippen molar-refractivity contribution in [2.75, 3.05) is 13.2 Å². The van der Waals surface area contributed by atoms with Crippen molar-refractivity contribution in [2.24, 2.45) is 0 Å². The molecule has 108 valence electrons. The third kappa shape index (κ3) is 4.30. The van der Waals surface area contributed by atoms with E-state index in [1.807, 2.05) is 11.8 Å². The summed E-state index contributed by atoms with van der Waals surface area (Å²) in [4.78, 5) is 9.28. The fourth-order valence-corrected chi connectivity index (χ4v) is 2.35. The first-order valence-electron chi connectivity index (χ1n) is 6.35. The van der Waals surface area contributed by atoms with Gasteiger partial charge in [0.05, 0.1) is 6.61 Å². The number of benzene rings is 1. The lowest BCUT2D eigenvalue weighted by atomic mass is 10.2. The van der Waals surface area contributed by atoms with Gasteiger partial charge in [0, 0.05) is 36.5 Å². The van der Waals surface area contributed by atoms with Crippen LogP contribution in [0.4, 0.5) is 4.39 Å². The second kappa shape index (κ2) is 6.83. The van der Waals surface area contributed by atoms with Crippen molar-refractivity contribution in [3.63, 3.8) is 0 Å². The standard InChI is InChI=1S/C14H17ClFN3O/c1-10-17-7-14(18-10)9-19(2-3-20)8-11-4-12(15)6-13(16)5-11/h4-7,20H,2-3,8-9H2,1H3,(H,17,18). The van der Waals surface area contributed by atoms with E-state index in [0.29, 0.717) is 24.7 Å². The summed E-state index contributed by atoms with van der Waals surface area (Å²) in [5, 5.41) is 9.52. The van der Waals surface area contributed by atoms with Gasteiger partial charge in [-0.3, -0.25) is 4.90 Å². The van der Waals surface area contributed by atoms with Crippen molar-refractivity contribution in [3.05, 3.63) is 52.3 Å². The zero-order chi connectivity index (χ0) is 14.5. The number of aryl methyl sites for hydroxylation is 1. The van der Waals surface area contributed by atoms with Crippen LogP contribution in [-0.4, -0.2) is 33.1 Å². The van der Waals surface area contributed by atoms with E-state index in [0.717, 1.165) is 17.1 Å². The maximum Gasteiger partial charge on any atom is 0.125 e. The molecule has 0 aliphatic carbocycles. The second-order valence-corrected chi connectivity index (χ2v) is 5.14. The number of nitrogens with one attached hydrogen (secondary N) is 1. The number of aromatic amines is 1. The molecule has 0 radical (unpaired) electrons. The molecule has 20 heavy (non-hydrogen) atoms. The van der Waals surface area contributed by atoms with Crippen LogP contribution in [0.25, 0.3) is 0 Å². The molecule has 4 nitrogen and oxygen atoms in total. The maximum absolute atomic E-state index is 13.3. The first-order valence-corrected chi connectivity index (χ1v) is 6.73. The van der Waals surface area contributed by atoms with Crippen molar-refractivity contribution in [2.45, 2.75) is 20.0 Å². The van der Waals surface area contributed by atoms with Crippen molar-refractivity contribution in [1.82, 2.24) is 14.9 Å². The van der Waals surface area contributed by atoms with Crippen molar-refractivity contribution in [3.8, 4) is 0 Å². The van der Waals surface area contributed by atoms with Gasteiger partial charge in [-0.25, -0.2) is 9.37 Å². The molecule has 0 saturated carbocycles. The Morgan fingerprint density at radius 3 is 2.75 bits per heavy atom. The summed E-state index contributed by atoms with van der Waals surface area (Å²) in [7, 11) is 0. The number of aromatic nitrogens is 2. The average Bonchev–Trinajstić information content (AvgIpc) is 2.73. The highest BCUT2D eigenvalue weighted by Gasteiger charge is 2.09. The molecule has 0 fully saturated rings. The minimum absolute atomic E-state index is 0.0379. The Balaban J connectivity index is 2.08. The lowest BCUT2D eigenvalue weighted by molar-refractivity contribution is 0.183. The number of H-pyrrole nitrogens is 1. The third-order valence-corrected chi connectivity index (χ3v) is 3.11. The van der Waals surface area contributed by atoms with E-state index < -0.39 is 0 Å². The lowest BCUT2D eigenvalue weighted by Gasteiger charge is -2.20. The summed E-state index contributed by atoms with van der Waals surface area (Å²) in [5.74, 6) is 0.492. The van der Waals surface area contributed by atoms with E-state index in [1.165, 1.54) is 12.1 Å². The zero-order valence-electron chi connectivity index (χ0n) is 11.2. The number of hydrogen-bond acceptors (Lipinski definition) is 3. The van der Waals surface area contributed by atoms with Crippen molar-refractivity contribution < 1.29 is 9.50 Å². The number of aliphatic hydroxyl groups is 1. The molecule has 1 aromatic carbocycles. The summed E-state index contributed by atoms with van der Waals surface area (Å²) in [6, 6.07) is 4.46. The molecule has 2 rings (SSSR count). The van der Waals surface area contributed by atoms with Crippen LogP contribution in [0.2, 0.25) is 5.02 Å². The highest BCUT2D eigenvalue weighted by atomic mass is 35.5. The Kier molecular flexibility index (Phi) is 5.11. The van der Waals surface area contributed by atoms with E-state index in [9.17, 15) is 4.39 Å².